The summed E-state index contributed by atoms with van der Waals surface area (Å²) < 4.78 is 4.78. The van der Waals surface area contributed by atoms with Crippen LogP contribution in [0.15, 0.2) is 24.3 Å². The first-order chi connectivity index (χ1) is 10.9. The number of hydrogen-bond acceptors (Lipinski definition) is 5. The van der Waals surface area contributed by atoms with Gasteiger partial charge in [-0.15, -0.1) is 0 Å². The fourth-order valence-electron chi connectivity index (χ4n) is 3.69. The number of ether oxygens (including phenoxy) is 1. The van der Waals surface area contributed by atoms with E-state index in [0.717, 1.165) is 0 Å². The Morgan fingerprint density at radius 3 is 2.74 bits per heavy atom. The van der Waals surface area contributed by atoms with E-state index in [0.29, 0.717) is 11.1 Å². The van der Waals surface area contributed by atoms with Gasteiger partial charge >= 0.3 is 11.9 Å². The standard InChI is InChI=1S/C16H17NO6/c1-23-15(21)12-8-9(6-7-13(18)19)17-14(20)10-4-2-3-5-11(10)16(12,17)22/h2-5,9,12,22H,6-8H2,1H3,(H,18,19)/t9?,12-,16-/m1/s1. The summed E-state index contributed by atoms with van der Waals surface area (Å²) in [5.74, 6) is -2.91. The number of methoxy groups -OCH3 is 1. The highest BCUT2D eigenvalue weighted by Gasteiger charge is 2.63. The number of aliphatic hydroxyl groups is 1. The van der Waals surface area contributed by atoms with Gasteiger partial charge in [0.2, 0.25) is 0 Å². The summed E-state index contributed by atoms with van der Waals surface area (Å²) in [5.41, 5.74) is -1.06. The van der Waals surface area contributed by atoms with Crippen LogP contribution in [-0.2, 0) is 20.1 Å². The van der Waals surface area contributed by atoms with Gasteiger partial charge in [-0.3, -0.25) is 14.4 Å². The fraction of sp³-hybridized carbons (Fsp3) is 0.438. The molecule has 7 nitrogen and oxygen atoms in total. The normalized spacial score (nSPS) is 28.4. The molecule has 3 atom stereocenters. The van der Waals surface area contributed by atoms with E-state index in [-0.39, 0.29) is 25.2 Å². The summed E-state index contributed by atoms with van der Waals surface area (Å²) in [6, 6.07) is 6.05. The van der Waals surface area contributed by atoms with Crippen molar-refractivity contribution in [2.75, 3.05) is 7.11 Å². The molecule has 0 aromatic heterocycles. The van der Waals surface area contributed by atoms with Crippen molar-refractivity contribution in [2.45, 2.75) is 31.0 Å². The Labute approximate surface area is 132 Å². The number of carboxylic acids is 1. The molecule has 7 heteroatoms. The number of carbonyl (C=O) groups is 3. The van der Waals surface area contributed by atoms with Gasteiger partial charge in [0.15, 0.2) is 5.72 Å². The molecule has 2 N–H and O–H groups in total. The van der Waals surface area contributed by atoms with Crippen LogP contribution < -0.4 is 0 Å². The molecule has 1 amide bonds. The molecule has 2 aliphatic heterocycles. The minimum atomic E-state index is -1.77. The second kappa shape index (κ2) is 5.34. The molecular formula is C16H17NO6. The lowest BCUT2D eigenvalue weighted by atomic mass is 9.88. The lowest BCUT2D eigenvalue weighted by Crippen LogP contribution is -2.47. The highest BCUT2D eigenvalue weighted by Crippen LogP contribution is 2.52. The van der Waals surface area contributed by atoms with Crippen LogP contribution in [0, 0.1) is 5.92 Å². The Morgan fingerprint density at radius 2 is 2.09 bits per heavy atom. The number of amides is 1. The van der Waals surface area contributed by atoms with Crippen molar-refractivity contribution in [1.82, 2.24) is 4.90 Å². The van der Waals surface area contributed by atoms with Crippen LogP contribution in [0.25, 0.3) is 0 Å². The van der Waals surface area contributed by atoms with Crippen LogP contribution >= 0.6 is 0 Å². The van der Waals surface area contributed by atoms with E-state index in [2.05, 4.69) is 0 Å². The topological polar surface area (TPSA) is 104 Å². The Bertz CT molecular complexity index is 687. The van der Waals surface area contributed by atoms with E-state index < -0.39 is 29.6 Å². The average Bonchev–Trinajstić information content (AvgIpc) is 2.96. The first-order valence-corrected chi connectivity index (χ1v) is 7.36. The first-order valence-electron chi connectivity index (χ1n) is 7.36. The van der Waals surface area contributed by atoms with E-state index in [4.69, 9.17) is 9.84 Å². The maximum Gasteiger partial charge on any atom is 0.314 e. The van der Waals surface area contributed by atoms with Gasteiger partial charge in [0.1, 0.15) is 5.92 Å². The zero-order valence-corrected chi connectivity index (χ0v) is 12.6. The lowest BCUT2D eigenvalue weighted by Gasteiger charge is -2.33. The molecule has 122 valence electrons. The number of fused-ring (bicyclic) bond motifs is 3. The molecule has 1 fully saturated rings. The number of esters is 1. The van der Waals surface area contributed by atoms with Crippen molar-refractivity contribution >= 4 is 17.8 Å². The molecule has 1 aromatic rings. The van der Waals surface area contributed by atoms with Gasteiger partial charge in [-0.2, -0.15) is 0 Å². The molecule has 1 unspecified atom stereocenters. The number of carboxylic acid groups (broad SMARTS) is 1. The van der Waals surface area contributed by atoms with E-state index in [1.807, 2.05) is 0 Å². The van der Waals surface area contributed by atoms with Crippen molar-refractivity contribution in [1.29, 1.82) is 0 Å². The molecule has 0 aliphatic carbocycles. The minimum absolute atomic E-state index is 0.144. The molecule has 2 aliphatic rings. The van der Waals surface area contributed by atoms with Gasteiger partial charge in [0.25, 0.3) is 5.91 Å². The second-order valence-electron chi connectivity index (χ2n) is 5.84. The maximum absolute atomic E-state index is 12.7. The van der Waals surface area contributed by atoms with Crippen LogP contribution in [0.1, 0.15) is 35.2 Å². The highest BCUT2D eigenvalue weighted by atomic mass is 16.5. The van der Waals surface area contributed by atoms with Crippen molar-refractivity contribution in [3.63, 3.8) is 0 Å². The van der Waals surface area contributed by atoms with E-state index in [9.17, 15) is 19.5 Å². The number of carbonyl (C=O) groups excluding carboxylic acids is 2. The highest BCUT2D eigenvalue weighted by molar-refractivity contribution is 6.01. The van der Waals surface area contributed by atoms with Gasteiger partial charge in [-0.1, -0.05) is 18.2 Å². The molecule has 0 radical (unpaired) electrons. The van der Waals surface area contributed by atoms with Crippen molar-refractivity contribution < 1.29 is 29.3 Å². The van der Waals surface area contributed by atoms with Crippen molar-refractivity contribution in [3.8, 4) is 0 Å². The second-order valence-corrected chi connectivity index (χ2v) is 5.84. The van der Waals surface area contributed by atoms with Gasteiger partial charge in [0.05, 0.1) is 7.11 Å². The Hall–Kier alpha value is -2.41. The van der Waals surface area contributed by atoms with E-state index >= 15 is 0 Å². The molecule has 1 aromatic carbocycles. The number of rotatable bonds is 4. The number of hydrogen-bond donors (Lipinski definition) is 2. The van der Waals surface area contributed by atoms with Crippen LogP contribution in [0.2, 0.25) is 0 Å². The molecule has 3 rings (SSSR count). The smallest absolute Gasteiger partial charge is 0.314 e. The summed E-state index contributed by atoms with van der Waals surface area (Å²) >= 11 is 0. The number of nitrogens with zero attached hydrogens (tertiary/aromatic N) is 1. The quantitative estimate of drug-likeness (QED) is 0.792. The minimum Gasteiger partial charge on any atom is -0.481 e. The molecule has 0 bridgehead atoms. The molecule has 2 heterocycles. The van der Waals surface area contributed by atoms with Crippen LogP contribution in [-0.4, -0.2) is 46.1 Å². The Kier molecular flexibility index (Phi) is 3.60. The van der Waals surface area contributed by atoms with Crippen molar-refractivity contribution in [2.24, 2.45) is 5.92 Å². The predicted octanol–water partition coefficient (Wildman–Crippen LogP) is 0.714. The van der Waals surface area contributed by atoms with Gasteiger partial charge in [-0.25, -0.2) is 0 Å². The molecular weight excluding hydrogens is 302 g/mol. The Balaban J connectivity index is 2.05. The third kappa shape index (κ3) is 2.11. The summed E-state index contributed by atoms with van der Waals surface area (Å²) in [7, 11) is 1.23. The third-order valence-corrected chi connectivity index (χ3v) is 4.68. The van der Waals surface area contributed by atoms with Gasteiger partial charge < -0.3 is 19.8 Å². The Morgan fingerprint density at radius 1 is 1.39 bits per heavy atom. The van der Waals surface area contributed by atoms with E-state index in [1.165, 1.54) is 12.0 Å². The summed E-state index contributed by atoms with van der Waals surface area (Å²) in [4.78, 5) is 36.9. The molecule has 0 spiro atoms. The fourth-order valence-corrected chi connectivity index (χ4v) is 3.69. The maximum atomic E-state index is 12.7. The average molecular weight is 319 g/mol. The number of aliphatic carboxylic acids is 1. The molecule has 0 saturated carbocycles. The van der Waals surface area contributed by atoms with Crippen LogP contribution in [0.5, 0.6) is 0 Å². The van der Waals surface area contributed by atoms with Crippen molar-refractivity contribution in [3.05, 3.63) is 35.4 Å². The van der Waals surface area contributed by atoms with Crippen LogP contribution in [0.4, 0.5) is 0 Å². The predicted molar refractivity (Wildman–Crippen MR) is 77.3 cm³/mol. The lowest BCUT2D eigenvalue weighted by molar-refractivity contribution is -0.163. The zero-order valence-electron chi connectivity index (χ0n) is 12.6. The van der Waals surface area contributed by atoms with Gasteiger partial charge in [-0.05, 0) is 18.9 Å². The van der Waals surface area contributed by atoms with Crippen LogP contribution in [0.3, 0.4) is 0 Å². The largest absolute Gasteiger partial charge is 0.481 e. The third-order valence-electron chi connectivity index (χ3n) is 4.68. The zero-order chi connectivity index (χ0) is 16.8. The van der Waals surface area contributed by atoms with E-state index in [1.54, 1.807) is 24.3 Å². The SMILES string of the molecule is COC(=O)[C@H]1CC(CCC(=O)O)N2C(=O)c3ccccc3[C@@]12O. The molecule has 23 heavy (non-hydrogen) atoms. The first kappa shape index (κ1) is 15.5. The monoisotopic (exact) mass is 319 g/mol. The molecule has 1 saturated heterocycles. The number of benzene rings is 1. The summed E-state index contributed by atoms with van der Waals surface area (Å²) in [6.45, 7) is 0. The summed E-state index contributed by atoms with van der Waals surface area (Å²) in [6.07, 6.45) is 0.205. The van der Waals surface area contributed by atoms with Gasteiger partial charge in [0, 0.05) is 23.6 Å². The summed E-state index contributed by atoms with van der Waals surface area (Å²) in [5, 5.41) is 20.1.